The van der Waals surface area contributed by atoms with Crippen LogP contribution in [0.25, 0.3) is 0 Å². The van der Waals surface area contributed by atoms with Crippen molar-refractivity contribution in [2.24, 2.45) is 23.2 Å². The van der Waals surface area contributed by atoms with E-state index >= 15 is 0 Å². The van der Waals surface area contributed by atoms with Gasteiger partial charge in [-0.15, -0.1) is 0 Å². The molecule has 0 spiro atoms. The second kappa shape index (κ2) is 7.58. The lowest BCUT2D eigenvalue weighted by Crippen LogP contribution is -2.55. The number of nitrogens with zero attached hydrogens (tertiary/aromatic N) is 1. The molecule has 5 heteroatoms. The van der Waals surface area contributed by atoms with Crippen LogP contribution in [0.2, 0.25) is 0 Å². The highest BCUT2D eigenvalue weighted by Gasteiger charge is 2.53. The van der Waals surface area contributed by atoms with Gasteiger partial charge in [0.2, 0.25) is 11.8 Å². The molecule has 2 amide bonds. The average Bonchev–Trinajstić information content (AvgIpc) is 2.70. The minimum Gasteiger partial charge on any atom is -0.487 e. The van der Waals surface area contributed by atoms with Gasteiger partial charge < -0.3 is 15.0 Å². The zero-order chi connectivity index (χ0) is 20.9. The summed E-state index contributed by atoms with van der Waals surface area (Å²) in [4.78, 5) is 27.4. The molecule has 30 heavy (non-hydrogen) atoms. The van der Waals surface area contributed by atoms with E-state index in [4.69, 9.17) is 4.74 Å². The molecule has 0 radical (unpaired) electrons. The van der Waals surface area contributed by atoms with Crippen molar-refractivity contribution in [3.63, 3.8) is 0 Å². The third-order valence-electron chi connectivity index (χ3n) is 8.17. The molecule has 5 nitrogen and oxygen atoms in total. The lowest BCUT2D eigenvalue weighted by atomic mass is 9.48. The molecule has 4 fully saturated rings. The molecule has 1 aromatic carbocycles. The van der Waals surface area contributed by atoms with Gasteiger partial charge in [0.25, 0.3) is 0 Å². The van der Waals surface area contributed by atoms with Gasteiger partial charge in [-0.2, -0.15) is 0 Å². The number of amides is 2. The molecule has 1 aliphatic heterocycles. The molecule has 4 saturated carbocycles. The fraction of sp³-hybridized carbons (Fsp3) is 0.680. The minimum absolute atomic E-state index is 0.00444. The van der Waals surface area contributed by atoms with E-state index in [0.717, 1.165) is 29.2 Å². The molecular formula is C25H34N2O3. The van der Waals surface area contributed by atoms with Crippen LogP contribution in [0, 0.1) is 23.2 Å². The predicted molar refractivity (Wildman–Crippen MR) is 116 cm³/mol. The van der Waals surface area contributed by atoms with Crippen molar-refractivity contribution < 1.29 is 14.3 Å². The molecule has 162 valence electrons. The average molecular weight is 411 g/mol. The van der Waals surface area contributed by atoms with Crippen LogP contribution >= 0.6 is 0 Å². The van der Waals surface area contributed by atoms with Gasteiger partial charge in [0.1, 0.15) is 11.9 Å². The number of carbonyl (C=O) groups excluding carboxylic acids is 2. The van der Waals surface area contributed by atoms with Crippen molar-refractivity contribution >= 4 is 17.5 Å². The fourth-order valence-electron chi connectivity index (χ4n) is 7.16. The first-order valence-corrected chi connectivity index (χ1v) is 11.8. The van der Waals surface area contributed by atoms with Crippen LogP contribution in [0.15, 0.2) is 24.3 Å². The summed E-state index contributed by atoms with van der Waals surface area (Å²) in [6, 6.07) is 7.84. The standard InChI is InChI=1S/C25H34N2O3/c1-16-15-27(21-5-3-4-6-22(21)30-16)24(29)8-7-23(28)26-17(2)25-12-18-9-19(13-25)11-20(10-18)14-25/h3-6,16-20H,7-15H2,1-2H3,(H,26,28). The third-order valence-corrected chi connectivity index (χ3v) is 8.17. The van der Waals surface area contributed by atoms with Crippen LogP contribution in [0.3, 0.4) is 0 Å². The molecular weight excluding hydrogens is 376 g/mol. The third kappa shape index (κ3) is 3.61. The molecule has 4 aliphatic carbocycles. The van der Waals surface area contributed by atoms with Gasteiger partial charge in [-0.3, -0.25) is 9.59 Å². The number of anilines is 1. The van der Waals surface area contributed by atoms with Crippen LogP contribution < -0.4 is 15.0 Å². The fourth-order valence-corrected chi connectivity index (χ4v) is 7.16. The number of benzene rings is 1. The van der Waals surface area contributed by atoms with Gasteiger partial charge in [0.15, 0.2) is 0 Å². The van der Waals surface area contributed by atoms with Gasteiger partial charge >= 0.3 is 0 Å². The summed E-state index contributed by atoms with van der Waals surface area (Å²) in [6.07, 6.45) is 8.51. The van der Waals surface area contributed by atoms with Crippen molar-refractivity contribution in [3.8, 4) is 5.75 Å². The molecule has 6 rings (SSSR count). The van der Waals surface area contributed by atoms with Crippen LogP contribution in [0.1, 0.15) is 65.2 Å². The molecule has 0 saturated heterocycles. The topological polar surface area (TPSA) is 58.6 Å². The first-order valence-electron chi connectivity index (χ1n) is 11.8. The van der Waals surface area contributed by atoms with E-state index in [1.165, 1.54) is 38.5 Å². The Labute approximate surface area is 179 Å². The molecule has 2 unspecified atom stereocenters. The van der Waals surface area contributed by atoms with Crippen LogP contribution in [0.4, 0.5) is 5.69 Å². The van der Waals surface area contributed by atoms with Gasteiger partial charge in [-0.05, 0) is 87.7 Å². The summed E-state index contributed by atoms with van der Waals surface area (Å²) >= 11 is 0. The summed E-state index contributed by atoms with van der Waals surface area (Å²) in [5, 5.41) is 3.29. The maximum Gasteiger partial charge on any atom is 0.227 e. The normalized spacial score (nSPS) is 34.8. The molecule has 0 aromatic heterocycles. The van der Waals surface area contributed by atoms with Gasteiger partial charge in [0, 0.05) is 18.9 Å². The Kier molecular flexibility index (Phi) is 5.03. The minimum atomic E-state index is -0.0474. The van der Waals surface area contributed by atoms with Gasteiger partial charge in [-0.1, -0.05) is 12.1 Å². The maximum atomic E-state index is 12.9. The highest BCUT2D eigenvalue weighted by molar-refractivity contribution is 5.97. The second-order valence-corrected chi connectivity index (χ2v) is 10.5. The Morgan fingerprint density at radius 3 is 2.40 bits per heavy atom. The zero-order valence-corrected chi connectivity index (χ0v) is 18.2. The summed E-state index contributed by atoms with van der Waals surface area (Å²) in [5.41, 5.74) is 1.11. The number of rotatable bonds is 5. The molecule has 1 aromatic rings. The molecule has 5 aliphatic rings. The summed E-state index contributed by atoms with van der Waals surface area (Å²) in [7, 11) is 0. The maximum absolute atomic E-state index is 12.9. The molecule has 1 N–H and O–H groups in total. The lowest BCUT2D eigenvalue weighted by molar-refractivity contribution is -0.128. The van der Waals surface area contributed by atoms with Crippen molar-refractivity contribution in [2.75, 3.05) is 11.4 Å². The Balaban J connectivity index is 1.17. The van der Waals surface area contributed by atoms with Crippen molar-refractivity contribution in [3.05, 3.63) is 24.3 Å². The van der Waals surface area contributed by atoms with Crippen LogP contribution in [0.5, 0.6) is 5.75 Å². The SMILES string of the molecule is CC1CN(C(=O)CCC(=O)NC(C)C23CC4CC(CC(C4)C2)C3)c2ccccc2O1. The number of para-hydroxylation sites is 2. The number of ether oxygens (including phenoxy) is 1. The highest BCUT2D eigenvalue weighted by Crippen LogP contribution is 2.61. The van der Waals surface area contributed by atoms with E-state index in [-0.39, 0.29) is 36.8 Å². The number of fused-ring (bicyclic) bond motifs is 1. The monoisotopic (exact) mass is 410 g/mol. The van der Waals surface area contributed by atoms with Crippen LogP contribution in [-0.4, -0.2) is 30.5 Å². The largest absolute Gasteiger partial charge is 0.487 e. The van der Waals surface area contributed by atoms with E-state index in [2.05, 4.69) is 12.2 Å². The van der Waals surface area contributed by atoms with Crippen LogP contribution in [-0.2, 0) is 9.59 Å². The number of nitrogens with one attached hydrogen (secondary N) is 1. The highest BCUT2D eigenvalue weighted by atomic mass is 16.5. The Hall–Kier alpha value is -2.04. The Morgan fingerprint density at radius 2 is 1.73 bits per heavy atom. The summed E-state index contributed by atoms with van der Waals surface area (Å²) in [5.74, 6) is 3.38. The Bertz CT molecular complexity index is 800. The first-order chi connectivity index (χ1) is 14.4. The zero-order valence-electron chi connectivity index (χ0n) is 18.2. The van der Waals surface area contributed by atoms with Crippen molar-refractivity contribution in [2.45, 2.75) is 77.4 Å². The quantitative estimate of drug-likeness (QED) is 0.787. The Morgan fingerprint density at radius 1 is 1.10 bits per heavy atom. The number of hydrogen-bond acceptors (Lipinski definition) is 3. The summed E-state index contributed by atoms with van der Waals surface area (Å²) in [6.45, 7) is 4.70. The summed E-state index contributed by atoms with van der Waals surface area (Å²) < 4.78 is 5.83. The number of hydrogen-bond donors (Lipinski definition) is 1. The van der Waals surface area contributed by atoms with Crippen molar-refractivity contribution in [1.82, 2.24) is 5.32 Å². The second-order valence-electron chi connectivity index (χ2n) is 10.5. The molecule has 4 bridgehead atoms. The van der Waals surface area contributed by atoms with E-state index in [0.29, 0.717) is 12.0 Å². The van der Waals surface area contributed by atoms with E-state index in [1.807, 2.05) is 31.2 Å². The number of carbonyl (C=O) groups is 2. The van der Waals surface area contributed by atoms with E-state index in [9.17, 15) is 9.59 Å². The lowest BCUT2D eigenvalue weighted by Gasteiger charge is -2.59. The molecule has 2 atom stereocenters. The predicted octanol–water partition coefficient (Wildman–Crippen LogP) is 4.30. The first kappa shape index (κ1) is 19.9. The smallest absolute Gasteiger partial charge is 0.227 e. The van der Waals surface area contributed by atoms with Gasteiger partial charge in [0.05, 0.1) is 12.2 Å². The van der Waals surface area contributed by atoms with E-state index < -0.39 is 0 Å². The van der Waals surface area contributed by atoms with E-state index in [1.54, 1.807) is 4.90 Å². The van der Waals surface area contributed by atoms with Crippen molar-refractivity contribution in [1.29, 1.82) is 0 Å². The van der Waals surface area contributed by atoms with Gasteiger partial charge in [-0.25, -0.2) is 0 Å². The molecule has 1 heterocycles.